The van der Waals surface area contributed by atoms with E-state index in [2.05, 4.69) is 32.3 Å². The zero-order valence-electron chi connectivity index (χ0n) is 13.3. The van der Waals surface area contributed by atoms with Crippen molar-refractivity contribution in [2.24, 2.45) is 0 Å². The molecule has 0 unspecified atom stereocenters. The first-order valence-corrected chi connectivity index (χ1v) is 7.72. The summed E-state index contributed by atoms with van der Waals surface area (Å²) in [5, 5.41) is 8.75. The van der Waals surface area contributed by atoms with Crippen molar-refractivity contribution in [2.45, 2.75) is 19.9 Å². The van der Waals surface area contributed by atoms with Gasteiger partial charge in [0.1, 0.15) is 5.65 Å². The van der Waals surface area contributed by atoms with Crippen LogP contribution in [-0.2, 0) is 11.3 Å². The summed E-state index contributed by atoms with van der Waals surface area (Å²) >= 11 is 0. The molecule has 0 saturated carbocycles. The van der Waals surface area contributed by atoms with Crippen LogP contribution < -0.4 is 0 Å². The van der Waals surface area contributed by atoms with Crippen molar-refractivity contribution < 1.29 is 9.90 Å². The molecular formula is C16H23ClN4O2. The van der Waals surface area contributed by atoms with Crippen LogP contribution in [0.1, 0.15) is 17.8 Å². The molecule has 1 N–H and O–H groups in total. The van der Waals surface area contributed by atoms with Crippen molar-refractivity contribution in [1.29, 1.82) is 0 Å². The number of hydrogen-bond donors (Lipinski definition) is 1. The Labute approximate surface area is 142 Å². The molecule has 23 heavy (non-hydrogen) atoms. The average molecular weight is 339 g/mol. The van der Waals surface area contributed by atoms with E-state index in [0.29, 0.717) is 6.54 Å². The Morgan fingerprint density at radius 3 is 2.61 bits per heavy atom. The van der Waals surface area contributed by atoms with Gasteiger partial charge in [-0.1, -0.05) is 6.07 Å². The van der Waals surface area contributed by atoms with Gasteiger partial charge < -0.3 is 14.4 Å². The molecular weight excluding hydrogens is 316 g/mol. The highest BCUT2D eigenvalue weighted by Crippen LogP contribution is 2.15. The predicted octanol–water partition coefficient (Wildman–Crippen LogP) is 1.66. The van der Waals surface area contributed by atoms with Crippen molar-refractivity contribution in [3.8, 4) is 0 Å². The van der Waals surface area contributed by atoms with Crippen molar-refractivity contribution >= 4 is 24.0 Å². The van der Waals surface area contributed by atoms with Gasteiger partial charge in [-0.2, -0.15) is 0 Å². The van der Waals surface area contributed by atoms with Crippen LogP contribution in [0.3, 0.4) is 0 Å². The molecule has 2 aromatic rings. The van der Waals surface area contributed by atoms with Gasteiger partial charge in [-0.05, 0) is 19.1 Å². The number of carboxylic acids is 1. The molecule has 6 nitrogen and oxygen atoms in total. The molecule has 0 radical (unpaired) electrons. The van der Waals surface area contributed by atoms with Crippen LogP contribution in [0.2, 0.25) is 0 Å². The van der Waals surface area contributed by atoms with Gasteiger partial charge in [-0.15, -0.1) is 12.4 Å². The normalized spacial score (nSPS) is 16.4. The van der Waals surface area contributed by atoms with E-state index in [9.17, 15) is 4.79 Å². The summed E-state index contributed by atoms with van der Waals surface area (Å²) in [7, 11) is 0. The average Bonchev–Trinajstić information content (AvgIpc) is 2.83. The molecule has 3 heterocycles. The Morgan fingerprint density at radius 1 is 1.22 bits per heavy atom. The second-order valence-electron chi connectivity index (χ2n) is 5.83. The standard InChI is InChI=1S/C16H22N4O2.ClH/c1-13-14(20-6-3-2-4-15(20)17-13)12-19-10-8-18(9-11-19)7-5-16(21)22;/h2-4,6H,5,7-12H2,1H3,(H,21,22);1H. The Bertz CT molecular complexity index is 665. The monoisotopic (exact) mass is 338 g/mol. The fourth-order valence-electron chi connectivity index (χ4n) is 2.99. The number of imidazole rings is 1. The molecule has 1 aliphatic heterocycles. The fraction of sp³-hybridized carbons (Fsp3) is 0.500. The summed E-state index contributed by atoms with van der Waals surface area (Å²) in [5.41, 5.74) is 3.32. The minimum absolute atomic E-state index is 0. The molecule has 126 valence electrons. The van der Waals surface area contributed by atoms with E-state index in [1.54, 1.807) is 0 Å². The van der Waals surface area contributed by atoms with E-state index in [4.69, 9.17) is 5.11 Å². The van der Waals surface area contributed by atoms with Crippen LogP contribution >= 0.6 is 12.4 Å². The number of piperazine rings is 1. The third-order valence-electron chi connectivity index (χ3n) is 4.31. The Morgan fingerprint density at radius 2 is 1.91 bits per heavy atom. The van der Waals surface area contributed by atoms with Gasteiger partial charge in [0, 0.05) is 45.5 Å². The number of nitrogens with zero attached hydrogens (tertiary/aromatic N) is 4. The van der Waals surface area contributed by atoms with Crippen molar-refractivity contribution in [3.05, 3.63) is 35.8 Å². The smallest absolute Gasteiger partial charge is 0.304 e. The van der Waals surface area contributed by atoms with Crippen LogP contribution in [-0.4, -0.2) is 63.0 Å². The highest BCUT2D eigenvalue weighted by molar-refractivity contribution is 5.85. The second-order valence-corrected chi connectivity index (χ2v) is 5.83. The lowest BCUT2D eigenvalue weighted by Gasteiger charge is -2.34. The summed E-state index contributed by atoms with van der Waals surface area (Å²) in [6.45, 7) is 7.41. The molecule has 0 aliphatic carbocycles. The predicted molar refractivity (Wildman–Crippen MR) is 91.1 cm³/mol. The fourth-order valence-corrected chi connectivity index (χ4v) is 2.99. The van der Waals surface area contributed by atoms with Crippen LogP contribution in [0.4, 0.5) is 0 Å². The molecule has 0 atom stereocenters. The summed E-state index contributed by atoms with van der Waals surface area (Å²) in [6.07, 6.45) is 2.29. The number of hydrogen-bond acceptors (Lipinski definition) is 4. The minimum Gasteiger partial charge on any atom is -0.481 e. The topological polar surface area (TPSA) is 61.1 Å². The number of aromatic nitrogens is 2. The zero-order chi connectivity index (χ0) is 15.5. The number of rotatable bonds is 5. The molecule has 0 aromatic carbocycles. The summed E-state index contributed by atoms with van der Waals surface area (Å²) < 4.78 is 2.16. The summed E-state index contributed by atoms with van der Waals surface area (Å²) in [5.74, 6) is -0.719. The quantitative estimate of drug-likeness (QED) is 0.898. The van der Waals surface area contributed by atoms with Crippen LogP contribution in [0, 0.1) is 6.92 Å². The van der Waals surface area contributed by atoms with Crippen LogP contribution in [0.15, 0.2) is 24.4 Å². The first kappa shape index (κ1) is 17.7. The van der Waals surface area contributed by atoms with E-state index in [1.165, 1.54) is 5.69 Å². The Balaban J connectivity index is 0.00000192. The third-order valence-corrected chi connectivity index (χ3v) is 4.31. The lowest BCUT2D eigenvalue weighted by Crippen LogP contribution is -2.46. The van der Waals surface area contributed by atoms with Gasteiger partial charge in [-0.3, -0.25) is 9.69 Å². The van der Waals surface area contributed by atoms with Crippen LogP contribution in [0.25, 0.3) is 5.65 Å². The molecule has 0 bridgehead atoms. The number of carbonyl (C=O) groups is 1. The van der Waals surface area contributed by atoms with Gasteiger partial charge in [0.2, 0.25) is 0 Å². The number of aryl methyl sites for hydroxylation is 1. The van der Waals surface area contributed by atoms with E-state index in [1.807, 2.05) is 18.2 Å². The maximum atomic E-state index is 10.6. The SMILES string of the molecule is Cc1nc2ccccn2c1CN1CCN(CCC(=O)O)CC1.Cl. The number of aliphatic carboxylic acids is 1. The number of fused-ring (bicyclic) bond motifs is 1. The van der Waals surface area contributed by atoms with Crippen LogP contribution in [0.5, 0.6) is 0 Å². The second kappa shape index (κ2) is 7.77. The minimum atomic E-state index is -0.719. The van der Waals surface area contributed by atoms with E-state index >= 15 is 0 Å². The first-order chi connectivity index (χ1) is 10.6. The third kappa shape index (κ3) is 4.22. The van der Waals surface area contributed by atoms with Gasteiger partial charge in [0.05, 0.1) is 17.8 Å². The van der Waals surface area contributed by atoms with Gasteiger partial charge in [-0.25, -0.2) is 4.98 Å². The molecule has 7 heteroatoms. The molecule has 3 rings (SSSR count). The molecule has 2 aromatic heterocycles. The Hall–Kier alpha value is -1.63. The van der Waals surface area contributed by atoms with E-state index < -0.39 is 5.97 Å². The van der Waals surface area contributed by atoms with E-state index in [-0.39, 0.29) is 18.8 Å². The molecule has 1 aliphatic rings. The van der Waals surface area contributed by atoms with E-state index in [0.717, 1.165) is 44.1 Å². The highest BCUT2D eigenvalue weighted by Gasteiger charge is 2.19. The van der Waals surface area contributed by atoms with Gasteiger partial charge in [0.25, 0.3) is 0 Å². The zero-order valence-corrected chi connectivity index (χ0v) is 14.1. The molecule has 0 amide bonds. The summed E-state index contributed by atoms with van der Waals surface area (Å²) in [4.78, 5) is 19.9. The lowest BCUT2D eigenvalue weighted by atomic mass is 10.2. The summed E-state index contributed by atoms with van der Waals surface area (Å²) in [6, 6.07) is 6.06. The number of carboxylic acid groups (broad SMARTS) is 1. The Kier molecular flexibility index (Phi) is 5.98. The highest BCUT2D eigenvalue weighted by atomic mass is 35.5. The largest absolute Gasteiger partial charge is 0.481 e. The lowest BCUT2D eigenvalue weighted by molar-refractivity contribution is -0.137. The first-order valence-electron chi connectivity index (χ1n) is 7.72. The van der Waals surface area contributed by atoms with Crippen molar-refractivity contribution in [1.82, 2.24) is 19.2 Å². The maximum absolute atomic E-state index is 10.6. The molecule has 0 spiro atoms. The van der Waals surface area contributed by atoms with Crippen molar-refractivity contribution in [2.75, 3.05) is 32.7 Å². The molecule has 1 saturated heterocycles. The molecule has 1 fully saturated rings. The number of halogens is 1. The number of pyridine rings is 1. The van der Waals surface area contributed by atoms with Gasteiger partial charge in [0.15, 0.2) is 0 Å². The van der Waals surface area contributed by atoms with Gasteiger partial charge >= 0.3 is 5.97 Å². The van der Waals surface area contributed by atoms with Crippen molar-refractivity contribution in [3.63, 3.8) is 0 Å². The maximum Gasteiger partial charge on any atom is 0.304 e.